The molecule has 0 aromatic heterocycles. The fourth-order valence-electron chi connectivity index (χ4n) is 3.49. The Morgan fingerprint density at radius 3 is 2.43 bits per heavy atom. The fourth-order valence-corrected chi connectivity index (χ4v) is 3.49. The molecule has 3 aromatic carbocycles. The summed E-state index contributed by atoms with van der Waals surface area (Å²) in [7, 11) is 0. The highest BCUT2D eigenvalue weighted by Gasteiger charge is 2.24. The second kappa shape index (κ2) is 6.50. The molecule has 3 aromatic rings. The highest BCUT2D eigenvalue weighted by molar-refractivity contribution is 6.02. The van der Waals surface area contributed by atoms with E-state index in [9.17, 15) is 14.7 Å². The van der Waals surface area contributed by atoms with Crippen molar-refractivity contribution in [3.63, 3.8) is 0 Å². The van der Waals surface area contributed by atoms with Crippen molar-refractivity contribution in [1.29, 1.82) is 0 Å². The molecule has 1 N–H and O–H groups in total. The number of aryl methyl sites for hydroxylation is 1. The molecule has 138 valence electrons. The van der Waals surface area contributed by atoms with Gasteiger partial charge in [-0.15, -0.1) is 0 Å². The summed E-state index contributed by atoms with van der Waals surface area (Å²) >= 11 is 0. The van der Waals surface area contributed by atoms with Crippen molar-refractivity contribution in [2.45, 2.75) is 13.8 Å². The van der Waals surface area contributed by atoms with Gasteiger partial charge in [-0.25, -0.2) is 4.79 Å². The summed E-state index contributed by atoms with van der Waals surface area (Å²) in [6.45, 7) is 7.39. The molecule has 4 nitrogen and oxygen atoms in total. The van der Waals surface area contributed by atoms with E-state index in [1.807, 2.05) is 43.3 Å². The van der Waals surface area contributed by atoms with Crippen molar-refractivity contribution >= 4 is 23.9 Å². The van der Waals surface area contributed by atoms with Crippen LogP contribution in [0.25, 0.3) is 12.2 Å². The summed E-state index contributed by atoms with van der Waals surface area (Å²) in [6.07, 6.45) is 0. The Hall–Kier alpha value is -3.66. The van der Waals surface area contributed by atoms with E-state index in [1.165, 1.54) is 13.0 Å². The molecule has 28 heavy (non-hydrogen) atoms. The molecule has 1 aliphatic rings. The van der Waals surface area contributed by atoms with E-state index in [0.29, 0.717) is 22.6 Å². The van der Waals surface area contributed by atoms with Crippen LogP contribution in [0.5, 0.6) is 11.5 Å². The van der Waals surface area contributed by atoms with Gasteiger partial charge in [-0.1, -0.05) is 36.9 Å². The molecule has 1 heterocycles. The lowest BCUT2D eigenvalue weighted by molar-refractivity contribution is 0.0696. The maximum absolute atomic E-state index is 12.0. The van der Waals surface area contributed by atoms with Gasteiger partial charge >= 0.3 is 5.97 Å². The molecular formula is C24H18O4. The third-order valence-electron chi connectivity index (χ3n) is 4.87. The standard InChI is InChI=1S/C24H18O4/c1-13-4-7-18-21(10-13)28-22-11-14(2)5-8-19(22)23(18)20-12-16(15(3)25)6-9-17(20)24(26)27/h4-12H,1H2,2-3H3,(H,26,27). The number of benzene rings is 3. The van der Waals surface area contributed by atoms with Crippen molar-refractivity contribution in [1.82, 2.24) is 0 Å². The van der Waals surface area contributed by atoms with Crippen molar-refractivity contribution in [3.8, 4) is 11.5 Å². The predicted molar refractivity (Wildman–Crippen MR) is 107 cm³/mol. The average Bonchev–Trinajstić information content (AvgIpc) is 2.65. The third-order valence-corrected chi connectivity index (χ3v) is 4.87. The highest BCUT2D eigenvalue weighted by atomic mass is 16.5. The number of carboxylic acids is 1. The second-order valence-corrected chi connectivity index (χ2v) is 6.93. The maximum Gasteiger partial charge on any atom is 0.336 e. The van der Waals surface area contributed by atoms with Crippen molar-refractivity contribution < 1.29 is 19.4 Å². The number of carbonyl (C=O) groups is 2. The van der Waals surface area contributed by atoms with Crippen molar-refractivity contribution in [2.24, 2.45) is 0 Å². The first-order valence-electron chi connectivity index (χ1n) is 8.86. The number of ether oxygens (including phenoxy) is 1. The average molecular weight is 370 g/mol. The number of ketones is 1. The predicted octanol–water partition coefficient (Wildman–Crippen LogP) is 3.66. The van der Waals surface area contributed by atoms with E-state index in [2.05, 4.69) is 6.58 Å². The lowest BCUT2D eigenvalue weighted by Gasteiger charge is -2.22. The summed E-state index contributed by atoms with van der Waals surface area (Å²) in [4.78, 5) is 23.9. The van der Waals surface area contributed by atoms with Gasteiger partial charge in [-0.2, -0.15) is 0 Å². The molecule has 0 atom stereocenters. The van der Waals surface area contributed by atoms with Gasteiger partial charge in [0.2, 0.25) is 0 Å². The summed E-state index contributed by atoms with van der Waals surface area (Å²) in [6, 6.07) is 16.0. The van der Waals surface area contributed by atoms with Gasteiger partial charge in [0.15, 0.2) is 5.78 Å². The second-order valence-electron chi connectivity index (χ2n) is 6.93. The van der Waals surface area contributed by atoms with Gasteiger partial charge in [-0.3, -0.25) is 4.79 Å². The Morgan fingerprint density at radius 1 is 0.929 bits per heavy atom. The summed E-state index contributed by atoms with van der Waals surface area (Å²) in [5, 5.41) is 11.3. The van der Waals surface area contributed by atoms with E-state index in [0.717, 1.165) is 27.1 Å². The molecular weight excluding hydrogens is 352 g/mol. The molecule has 0 aliphatic carbocycles. The minimum atomic E-state index is -1.05. The van der Waals surface area contributed by atoms with Gasteiger partial charge in [-0.05, 0) is 54.5 Å². The zero-order valence-electron chi connectivity index (χ0n) is 15.6. The van der Waals surface area contributed by atoms with Gasteiger partial charge in [0, 0.05) is 21.9 Å². The number of fused-ring (bicyclic) bond motifs is 2. The number of hydrogen-bond donors (Lipinski definition) is 1. The van der Waals surface area contributed by atoms with E-state index in [1.54, 1.807) is 12.1 Å². The van der Waals surface area contributed by atoms with E-state index >= 15 is 0 Å². The van der Waals surface area contributed by atoms with Crippen LogP contribution in [0, 0.1) is 6.92 Å². The molecule has 0 spiro atoms. The maximum atomic E-state index is 12.0. The van der Waals surface area contributed by atoms with Crippen LogP contribution >= 0.6 is 0 Å². The van der Waals surface area contributed by atoms with Crippen LogP contribution < -0.4 is 15.2 Å². The van der Waals surface area contributed by atoms with Crippen LogP contribution in [0.3, 0.4) is 0 Å². The molecule has 0 amide bonds. The van der Waals surface area contributed by atoms with Gasteiger partial charge in [0.1, 0.15) is 11.5 Å². The van der Waals surface area contributed by atoms with Gasteiger partial charge < -0.3 is 9.84 Å². The summed E-state index contributed by atoms with van der Waals surface area (Å²) in [5.41, 5.74) is 3.64. The van der Waals surface area contributed by atoms with E-state index in [4.69, 9.17) is 4.74 Å². The Balaban J connectivity index is 2.17. The Labute approximate surface area is 162 Å². The summed E-state index contributed by atoms with van der Waals surface area (Å²) in [5.74, 6) is 0.0965. The number of aromatic carboxylic acids is 1. The van der Waals surface area contributed by atoms with Crippen LogP contribution in [0.15, 0.2) is 54.6 Å². The van der Waals surface area contributed by atoms with Crippen LogP contribution in [0.4, 0.5) is 0 Å². The first-order valence-corrected chi connectivity index (χ1v) is 8.86. The molecule has 4 rings (SSSR count). The van der Waals surface area contributed by atoms with Crippen LogP contribution in [0.1, 0.15) is 44.3 Å². The topological polar surface area (TPSA) is 63.6 Å². The largest absolute Gasteiger partial charge is 0.478 e. The molecule has 0 unspecified atom stereocenters. The molecule has 0 fully saturated rings. The van der Waals surface area contributed by atoms with E-state index < -0.39 is 5.97 Å². The Kier molecular flexibility index (Phi) is 4.12. The fraction of sp³-hybridized carbons (Fsp3) is 0.0833. The lowest BCUT2D eigenvalue weighted by atomic mass is 9.88. The van der Waals surface area contributed by atoms with Crippen LogP contribution in [0.2, 0.25) is 0 Å². The van der Waals surface area contributed by atoms with Crippen molar-refractivity contribution in [3.05, 3.63) is 92.9 Å². The molecule has 0 bridgehead atoms. The normalized spacial score (nSPS) is 12.0. The SMILES string of the molecule is C=c1ccc2c(c1)Oc1cc(C)ccc1C=2c1cc(C(C)=O)ccc1C(=O)O. The number of rotatable bonds is 3. The zero-order valence-corrected chi connectivity index (χ0v) is 15.6. The molecule has 0 radical (unpaired) electrons. The van der Waals surface area contributed by atoms with Crippen LogP contribution in [-0.2, 0) is 0 Å². The van der Waals surface area contributed by atoms with Gasteiger partial charge in [0.05, 0.1) is 5.56 Å². The molecule has 0 saturated heterocycles. The number of Topliss-reactive ketones (excluding diaryl/α,β-unsaturated/α-hetero) is 1. The minimum absolute atomic E-state index is 0.122. The Morgan fingerprint density at radius 2 is 1.71 bits per heavy atom. The quantitative estimate of drug-likeness (QED) is 0.559. The number of carboxylic acid groups (broad SMARTS) is 1. The van der Waals surface area contributed by atoms with Gasteiger partial charge in [0.25, 0.3) is 0 Å². The lowest BCUT2D eigenvalue weighted by Crippen LogP contribution is -2.21. The third kappa shape index (κ3) is 2.89. The first-order chi connectivity index (χ1) is 13.3. The Bertz CT molecular complexity index is 1270. The minimum Gasteiger partial charge on any atom is -0.478 e. The first kappa shape index (κ1) is 17.7. The molecule has 4 heteroatoms. The zero-order chi connectivity index (χ0) is 20.0. The molecule has 1 aliphatic heterocycles. The number of hydrogen-bond acceptors (Lipinski definition) is 3. The van der Waals surface area contributed by atoms with Crippen molar-refractivity contribution in [2.75, 3.05) is 0 Å². The smallest absolute Gasteiger partial charge is 0.336 e. The highest BCUT2D eigenvalue weighted by Crippen LogP contribution is 2.37. The van der Waals surface area contributed by atoms with E-state index in [-0.39, 0.29) is 11.3 Å². The number of carbonyl (C=O) groups excluding carboxylic acids is 1. The summed E-state index contributed by atoms with van der Waals surface area (Å²) < 4.78 is 6.09. The van der Waals surface area contributed by atoms with Crippen LogP contribution in [-0.4, -0.2) is 16.9 Å². The monoisotopic (exact) mass is 370 g/mol. The molecule has 0 saturated carbocycles.